The minimum Gasteiger partial charge on any atom is -0.366 e. The number of primary amides is 1. The number of piperazine rings is 1. The van der Waals surface area contributed by atoms with Crippen LogP contribution in [0.25, 0.3) is 0 Å². The van der Waals surface area contributed by atoms with Gasteiger partial charge in [-0.1, -0.05) is 6.07 Å². The first-order valence-electron chi connectivity index (χ1n) is 6.34. The van der Waals surface area contributed by atoms with Crippen LogP contribution in [0.5, 0.6) is 0 Å². The van der Waals surface area contributed by atoms with Gasteiger partial charge in [0, 0.05) is 30.8 Å². The molecule has 102 valence electrons. The summed E-state index contributed by atoms with van der Waals surface area (Å²) in [5.41, 5.74) is 5.87. The summed E-state index contributed by atoms with van der Waals surface area (Å²) in [5.74, 6) is -0.580. The van der Waals surface area contributed by atoms with Crippen molar-refractivity contribution < 1.29 is 9.59 Å². The van der Waals surface area contributed by atoms with E-state index in [1.807, 2.05) is 18.7 Å². The Kier molecular flexibility index (Phi) is 3.57. The van der Waals surface area contributed by atoms with Crippen molar-refractivity contribution in [1.29, 1.82) is 0 Å². The monoisotopic (exact) mass is 261 g/mol. The van der Waals surface area contributed by atoms with Crippen molar-refractivity contribution >= 4 is 11.8 Å². The van der Waals surface area contributed by atoms with E-state index >= 15 is 0 Å². The molecule has 3 N–H and O–H groups in total. The van der Waals surface area contributed by atoms with Crippen LogP contribution in [0.4, 0.5) is 0 Å². The zero-order valence-electron chi connectivity index (χ0n) is 11.3. The third-order valence-corrected chi connectivity index (χ3v) is 3.44. The van der Waals surface area contributed by atoms with Crippen LogP contribution in [-0.2, 0) is 0 Å². The highest BCUT2D eigenvalue weighted by Gasteiger charge is 2.33. The minimum absolute atomic E-state index is 0.0606. The number of carbonyl (C=O) groups is 2. The molecular weight excluding hydrogens is 242 g/mol. The first kappa shape index (κ1) is 13.5. The predicted molar refractivity (Wildman–Crippen MR) is 72.9 cm³/mol. The number of rotatable bonds is 2. The fraction of sp³-hybridized carbons (Fsp3) is 0.429. The van der Waals surface area contributed by atoms with Gasteiger partial charge in [-0.2, -0.15) is 0 Å². The van der Waals surface area contributed by atoms with Gasteiger partial charge in [-0.15, -0.1) is 0 Å². The van der Waals surface area contributed by atoms with Crippen LogP contribution in [-0.4, -0.2) is 41.9 Å². The van der Waals surface area contributed by atoms with Crippen LogP contribution in [0.3, 0.4) is 0 Å². The summed E-state index contributed by atoms with van der Waals surface area (Å²) in [6.45, 7) is 6.25. The summed E-state index contributed by atoms with van der Waals surface area (Å²) in [4.78, 5) is 25.5. The van der Waals surface area contributed by atoms with Gasteiger partial charge in [0.05, 0.1) is 5.54 Å². The van der Waals surface area contributed by atoms with Crippen molar-refractivity contribution in [1.82, 2.24) is 10.2 Å². The van der Waals surface area contributed by atoms with Crippen molar-refractivity contribution in [3.63, 3.8) is 0 Å². The Labute approximate surface area is 112 Å². The second-order valence-corrected chi connectivity index (χ2v) is 5.39. The molecule has 0 atom stereocenters. The molecule has 1 aromatic rings. The van der Waals surface area contributed by atoms with Gasteiger partial charge in [0.15, 0.2) is 0 Å². The van der Waals surface area contributed by atoms with Crippen molar-refractivity contribution in [2.45, 2.75) is 19.4 Å². The lowest BCUT2D eigenvalue weighted by atomic mass is 9.98. The maximum absolute atomic E-state index is 12.5. The highest BCUT2D eigenvalue weighted by molar-refractivity contribution is 5.99. The van der Waals surface area contributed by atoms with Gasteiger partial charge in [-0.25, -0.2) is 0 Å². The average Bonchev–Trinajstić information content (AvgIpc) is 2.37. The molecule has 1 aliphatic heterocycles. The Balaban J connectivity index is 2.28. The fourth-order valence-corrected chi connectivity index (χ4v) is 2.32. The SMILES string of the molecule is CC1(C)CNCCN1C(=O)c1cccc(C(N)=O)c1. The summed E-state index contributed by atoms with van der Waals surface area (Å²) in [7, 11) is 0. The maximum atomic E-state index is 12.5. The normalized spacial score (nSPS) is 18.1. The van der Waals surface area contributed by atoms with E-state index in [-0.39, 0.29) is 11.4 Å². The van der Waals surface area contributed by atoms with E-state index in [1.165, 1.54) is 0 Å². The molecule has 1 aromatic carbocycles. The molecule has 1 saturated heterocycles. The molecule has 19 heavy (non-hydrogen) atoms. The Bertz CT molecular complexity index is 511. The molecule has 0 bridgehead atoms. The first-order chi connectivity index (χ1) is 8.92. The van der Waals surface area contributed by atoms with Gasteiger partial charge in [-0.05, 0) is 32.0 Å². The quantitative estimate of drug-likeness (QED) is 0.819. The smallest absolute Gasteiger partial charge is 0.254 e. The Morgan fingerprint density at radius 2 is 2.00 bits per heavy atom. The number of carbonyl (C=O) groups excluding carboxylic acids is 2. The first-order valence-corrected chi connectivity index (χ1v) is 6.34. The number of hydrogen-bond acceptors (Lipinski definition) is 3. The van der Waals surface area contributed by atoms with Crippen molar-refractivity contribution in [3.05, 3.63) is 35.4 Å². The zero-order valence-corrected chi connectivity index (χ0v) is 11.3. The molecule has 1 fully saturated rings. The van der Waals surface area contributed by atoms with Crippen molar-refractivity contribution in [2.24, 2.45) is 5.73 Å². The largest absolute Gasteiger partial charge is 0.366 e. The van der Waals surface area contributed by atoms with Crippen LogP contribution < -0.4 is 11.1 Å². The van der Waals surface area contributed by atoms with Crippen LogP contribution in [0.15, 0.2) is 24.3 Å². The van der Waals surface area contributed by atoms with E-state index in [0.29, 0.717) is 17.7 Å². The van der Waals surface area contributed by atoms with E-state index in [9.17, 15) is 9.59 Å². The number of amides is 2. The second kappa shape index (κ2) is 5.01. The molecule has 0 radical (unpaired) electrons. The third-order valence-electron chi connectivity index (χ3n) is 3.44. The van der Waals surface area contributed by atoms with Crippen LogP contribution in [0, 0.1) is 0 Å². The van der Waals surface area contributed by atoms with Gasteiger partial charge in [-0.3, -0.25) is 9.59 Å². The molecule has 2 rings (SSSR count). The Morgan fingerprint density at radius 3 is 2.63 bits per heavy atom. The molecule has 1 heterocycles. The second-order valence-electron chi connectivity index (χ2n) is 5.39. The summed E-state index contributed by atoms with van der Waals surface area (Å²) >= 11 is 0. The maximum Gasteiger partial charge on any atom is 0.254 e. The third kappa shape index (κ3) is 2.76. The van der Waals surface area contributed by atoms with Crippen molar-refractivity contribution in [2.75, 3.05) is 19.6 Å². The number of nitrogens with two attached hydrogens (primary N) is 1. The van der Waals surface area contributed by atoms with Gasteiger partial charge in [0.1, 0.15) is 0 Å². The molecule has 0 aromatic heterocycles. The molecule has 0 unspecified atom stereocenters. The molecule has 0 aliphatic carbocycles. The molecule has 0 saturated carbocycles. The minimum atomic E-state index is -0.519. The topological polar surface area (TPSA) is 75.4 Å². The van der Waals surface area contributed by atoms with E-state index in [4.69, 9.17) is 5.73 Å². The van der Waals surface area contributed by atoms with E-state index in [0.717, 1.165) is 13.1 Å². The molecule has 0 spiro atoms. The lowest BCUT2D eigenvalue weighted by Crippen LogP contribution is -2.59. The molecular formula is C14H19N3O2. The Morgan fingerprint density at radius 1 is 1.32 bits per heavy atom. The molecule has 5 nitrogen and oxygen atoms in total. The number of hydrogen-bond donors (Lipinski definition) is 2. The molecule has 2 amide bonds. The van der Waals surface area contributed by atoms with Gasteiger partial charge in [0.2, 0.25) is 5.91 Å². The highest BCUT2D eigenvalue weighted by atomic mass is 16.2. The average molecular weight is 261 g/mol. The van der Waals surface area contributed by atoms with Gasteiger partial charge < -0.3 is 16.0 Å². The lowest BCUT2D eigenvalue weighted by Gasteiger charge is -2.42. The van der Waals surface area contributed by atoms with E-state index in [1.54, 1.807) is 24.3 Å². The lowest BCUT2D eigenvalue weighted by molar-refractivity contribution is 0.0477. The number of nitrogens with zero attached hydrogens (tertiary/aromatic N) is 1. The van der Waals surface area contributed by atoms with Crippen LogP contribution in [0.1, 0.15) is 34.6 Å². The molecule has 1 aliphatic rings. The summed E-state index contributed by atoms with van der Waals surface area (Å²) < 4.78 is 0. The predicted octanol–water partition coefficient (Wildman–Crippen LogP) is 0.609. The summed E-state index contributed by atoms with van der Waals surface area (Å²) in [6, 6.07) is 6.57. The van der Waals surface area contributed by atoms with Gasteiger partial charge in [0.25, 0.3) is 5.91 Å². The summed E-state index contributed by atoms with van der Waals surface area (Å²) in [6.07, 6.45) is 0. The number of nitrogens with one attached hydrogen (secondary N) is 1. The highest BCUT2D eigenvalue weighted by Crippen LogP contribution is 2.20. The Hall–Kier alpha value is -1.88. The zero-order chi connectivity index (χ0) is 14.0. The number of benzene rings is 1. The van der Waals surface area contributed by atoms with E-state index in [2.05, 4.69) is 5.32 Å². The van der Waals surface area contributed by atoms with Crippen LogP contribution in [0.2, 0.25) is 0 Å². The van der Waals surface area contributed by atoms with Crippen LogP contribution >= 0.6 is 0 Å². The van der Waals surface area contributed by atoms with Gasteiger partial charge >= 0.3 is 0 Å². The van der Waals surface area contributed by atoms with Crippen molar-refractivity contribution in [3.8, 4) is 0 Å². The summed E-state index contributed by atoms with van der Waals surface area (Å²) in [5, 5.41) is 3.27. The molecule has 5 heteroatoms. The van der Waals surface area contributed by atoms with E-state index < -0.39 is 5.91 Å². The fourth-order valence-electron chi connectivity index (χ4n) is 2.32. The standard InChI is InChI=1S/C14H19N3O2/c1-14(2)9-16-6-7-17(14)13(19)11-5-3-4-10(8-11)12(15)18/h3-5,8,16H,6-7,9H2,1-2H3,(H2,15,18).